The largest absolute Gasteiger partial charge is 0.390 e. The van der Waals surface area contributed by atoms with E-state index < -0.39 is 0 Å². The van der Waals surface area contributed by atoms with Crippen LogP contribution in [-0.4, -0.2) is 33.6 Å². The Kier molecular flexibility index (Phi) is 6.22. The van der Waals surface area contributed by atoms with Gasteiger partial charge in [-0.05, 0) is 31.7 Å². The van der Waals surface area contributed by atoms with Crippen LogP contribution in [0.25, 0.3) is 0 Å². The number of hydrogen-bond donors (Lipinski definition) is 2. The maximum absolute atomic E-state index is 9.82. The Hall–Kier alpha value is -0.870. The van der Waals surface area contributed by atoms with Crippen LogP contribution in [0.1, 0.15) is 33.6 Å². The van der Waals surface area contributed by atoms with E-state index in [2.05, 4.69) is 31.2 Å². The van der Waals surface area contributed by atoms with E-state index in [1.54, 1.807) is 10.9 Å². The zero-order chi connectivity index (χ0) is 12.7. The van der Waals surface area contributed by atoms with Gasteiger partial charge in [0.1, 0.15) is 0 Å². The third-order valence-electron chi connectivity index (χ3n) is 2.84. The molecule has 0 spiro atoms. The SMILES string of the molecule is CC(C)CCC(C)NCC(O)Cn1cccn1. The summed E-state index contributed by atoms with van der Waals surface area (Å²) in [5, 5.41) is 17.3. The minimum atomic E-state index is -0.378. The zero-order valence-corrected chi connectivity index (χ0v) is 11.1. The fourth-order valence-electron chi connectivity index (χ4n) is 1.71. The molecule has 0 aliphatic carbocycles. The van der Waals surface area contributed by atoms with Gasteiger partial charge in [-0.1, -0.05) is 13.8 Å². The molecule has 1 rings (SSSR count). The lowest BCUT2D eigenvalue weighted by atomic mass is 10.0. The lowest BCUT2D eigenvalue weighted by Crippen LogP contribution is -2.36. The van der Waals surface area contributed by atoms with E-state index in [-0.39, 0.29) is 6.10 Å². The summed E-state index contributed by atoms with van der Waals surface area (Å²) in [6.45, 7) is 7.82. The first-order valence-corrected chi connectivity index (χ1v) is 6.46. The highest BCUT2D eigenvalue weighted by Gasteiger charge is 2.08. The lowest BCUT2D eigenvalue weighted by Gasteiger charge is -2.18. The predicted octanol–water partition coefficient (Wildman–Crippen LogP) is 1.66. The number of aromatic nitrogens is 2. The van der Waals surface area contributed by atoms with E-state index in [1.165, 1.54) is 6.42 Å². The molecular formula is C13H25N3O. The van der Waals surface area contributed by atoms with Crippen molar-refractivity contribution in [2.24, 2.45) is 5.92 Å². The Balaban J connectivity index is 2.12. The van der Waals surface area contributed by atoms with Crippen molar-refractivity contribution in [3.8, 4) is 0 Å². The quantitative estimate of drug-likeness (QED) is 0.725. The fourth-order valence-corrected chi connectivity index (χ4v) is 1.71. The van der Waals surface area contributed by atoms with Crippen LogP contribution >= 0.6 is 0 Å². The molecule has 1 heterocycles. The van der Waals surface area contributed by atoms with Crippen LogP contribution in [0, 0.1) is 5.92 Å². The molecule has 0 aliphatic heterocycles. The number of aliphatic hydroxyl groups excluding tert-OH is 1. The Morgan fingerprint density at radius 2 is 2.06 bits per heavy atom. The number of nitrogens with zero attached hydrogens (tertiary/aromatic N) is 2. The Morgan fingerprint density at radius 1 is 1.29 bits per heavy atom. The smallest absolute Gasteiger partial charge is 0.0860 e. The van der Waals surface area contributed by atoms with Crippen molar-refractivity contribution in [1.29, 1.82) is 0 Å². The van der Waals surface area contributed by atoms with E-state index in [4.69, 9.17) is 0 Å². The molecule has 1 aromatic heterocycles. The van der Waals surface area contributed by atoms with Gasteiger partial charge in [-0.15, -0.1) is 0 Å². The van der Waals surface area contributed by atoms with Gasteiger partial charge < -0.3 is 10.4 Å². The van der Waals surface area contributed by atoms with Gasteiger partial charge >= 0.3 is 0 Å². The summed E-state index contributed by atoms with van der Waals surface area (Å²) in [5.41, 5.74) is 0. The predicted molar refractivity (Wildman–Crippen MR) is 69.8 cm³/mol. The van der Waals surface area contributed by atoms with Gasteiger partial charge in [0.2, 0.25) is 0 Å². The summed E-state index contributed by atoms with van der Waals surface area (Å²) in [4.78, 5) is 0. The molecule has 98 valence electrons. The molecule has 2 atom stereocenters. The summed E-state index contributed by atoms with van der Waals surface area (Å²) >= 11 is 0. The molecule has 0 bridgehead atoms. The summed E-state index contributed by atoms with van der Waals surface area (Å²) in [6.07, 6.45) is 5.60. The van der Waals surface area contributed by atoms with Crippen molar-refractivity contribution in [2.75, 3.05) is 6.54 Å². The van der Waals surface area contributed by atoms with Gasteiger partial charge in [0.05, 0.1) is 12.6 Å². The second-order valence-corrected chi connectivity index (χ2v) is 5.16. The lowest BCUT2D eigenvalue weighted by molar-refractivity contribution is 0.142. The monoisotopic (exact) mass is 239 g/mol. The summed E-state index contributed by atoms with van der Waals surface area (Å²) in [6, 6.07) is 2.33. The van der Waals surface area contributed by atoms with Crippen molar-refractivity contribution < 1.29 is 5.11 Å². The van der Waals surface area contributed by atoms with Gasteiger partial charge in [-0.2, -0.15) is 5.10 Å². The van der Waals surface area contributed by atoms with Crippen LogP contribution in [0.2, 0.25) is 0 Å². The molecule has 0 aliphatic rings. The summed E-state index contributed by atoms with van der Waals surface area (Å²) in [5.74, 6) is 0.744. The molecule has 4 nitrogen and oxygen atoms in total. The van der Waals surface area contributed by atoms with E-state index in [9.17, 15) is 5.11 Å². The third kappa shape index (κ3) is 6.44. The minimum absolute atomic E-state index is 0.378. The second-order valence-electron chi connectivity index (χ2n) is 5.16. The van der Waals surface area contributed by atoms with Gasteiger partial charge in [0, 0.05) is 25.0 Å². The van der Waals surface area contributed by atoms with Crippen molar-refractivity contribution >= 4 is 0 Å². The molecule has 0 aromatic carbocycles. The molecular weight excluding hydrogens is 214 g/mol. The molecule has 4 heteroatoms. The normalized spacial score (nSPS) is 15.1. The van der Waals surface area contributed by atoms with Crippen molar-refractivity contribution in [3.05, 3.63) is 18.5 Å². The Bertz CT molecular complexity index is 285. The van der Waals surface area contributed by atoms with Gasteiger partial charge in [0.25, 0.3) is 0 Å². The number of aliphatic hydroxyl groups is 1. The van der Waals surface area contributed by atoms with E-state index in [0.29, 0.717) is 19.1 Å². The molecule has 0 fully saturated rings. The highest BCUT2D eigenvalue weighted by atomic mass is 16.3. The highest BCUT2D eigenvalue weighted by Crippen LogP contribution is 2.06. The first kappa shape index (κ1) is 14.2. The molecule has 0 radical (unpaired) electrons. The fraction of sp³-hybridized carbons (Fsp3) is 0.769. The first-order valence-electron chi connectivity index (χ1n) is 6.46. The molecule has 1 aromatic rings. The molecule has 2 unspecified atom stereocenters. The number of nitrogens with one attached hydrogen (secondary N) is 1. The average Bonchev–Trinajstić information content (AvgIpc) is 2.76. The van der Waals surface area contributed by atoms with Crippen LogP contribution in [0.5, 0.6) is 0 Å². The van der Waals surface area contributed by atoms with E-state index >= 15 is 0 Å². The van der Waals surface area contributed by atoms with Crippen molar-refractivity contribution in [1.82, 2.24) is 15.1 Å². The number of rotatable bonds is 8. The molecule has 0 amide bonds. The van der Waals surface area contributed by atoms with E-state index in [1.807, 2.05) is 12.3 Å². The minimum Gasteiger partial charge on any atom is -0.390 e. The Morgan fingerprint density at radius 3 is 2.65 bits per heavy atom. The van der Waals surface area contributed by atoms with Gasteiger partial charge in [-0.3, -0.25) is 4.68 Å². The average molecular weight is 239 g/mol. The van der Waals surface area contributed by atoms with Crippen LogP contribution in [0.15, 0.2) is 18.5 Å². The topological polar surface area (TPSA) is 50.1 Å². The van der Waals surface area contributed by atoms with Crippen LogP contribution in [0.3, 0.4) is 0 Å². The van der Waals surface area contributed by atoms with Crippen molar-refractivity contribution in [2.45, 2.75) is 52.3 Å². The maximum atomic E-state index is 9.82. The molecule has 2 N–H and O–H groups in total. The third-order valence-corrected chi connectivity index (χ3v) is 2.84. The van der Waals surface area contributed by atoms with Crippen LogP contribution < -0.4 is 5.32 Å². The van der Waals surface area contributed by atoms with E-state index in [0.717, 1.165) is 12.3 Å². The van der Waals surface area contributed by atoms with Gasteiger partial charge in [0.15, 0.2) is 0 Å². The van der Waals surface area contributed by atoms with Crippen LogP contribution in [0.4, 0.5) is 0 Å². The molecule has 17 heavy (non-hydrogen) atoms. The zero-order valence-electron chi connectivity index (χ0n) is 11.1. The number of hydrogen-bond acceptors (Lipinski definition) is 3. The maximum Gasteiger partial charge on any atom is 0.0860 e. The highest BCUT2D eigenvalue weighted by molar-refractivity contribution is 4.79. The van der Waals surface area contributed by atoms with Gasteiger partial charge in [-0.25, -0.2) is 0 Å². The Labute approximate surface area is 104 Å². The summed E-state index contributed by atoms with van der Waals surface area (Å²) in [7, 11) is 0. The second kappa shape index (κ2) is 7.45. The molecule has 0 saturated carbocycles. The molecule has 0 saturated heterocycles. The van der Waals surface area contributed by atoms with Crippen molar-refractivity contribution in [3.63, 3.8) is 0 Å². The van der Waals surface area contributed by atoms with Crippen LogP contribution in [-0.2, 0) is 6.54 Å². The first-order chi connectivity index (χ1) is 8.08. The standard InChI is InChI=1S/C13H25N3O/c1-11(2)5-6-12(3)14-9-13(17)10-16-8-4-7-15-16/h4,7-8,11-14,17H,5-6,9-10H2,1-3H3. The summed E-state index contributed by atoms with van der Waals surface area (Å²) < 4.78 is 1.76.